The summed E-state index contributed by atoms with van der Waals surface area (Å²) in [4.78, 5) is 11.0. The van der Waals surface area contributed by atoms with Gasteiger partial charge < -0.3 is 4.74 Å². The van der Waals surface area contributed by atoms with Crippen molar-refractivity contribution in [1.29, 1.82) is 0 Å². The predicted molar refractivity (Wildman–Crippen MR) is 68.8 cm³/mol. The van der Waals surface area contributed by atoms with E-state index in [2.05, 4.69) is 0 Å². The fourth-order valence-electron chi connectivity index (χ4n) is 1.72. The third-order valence-electron chi connectivity index (χ3n) is 2.61. The Balaban J connectivity index is 2.58. The molecule has 0 atom stereocenters. The van der Waals surface area contributed by atoms with Crippen molar-refractivity contribution in [3.8, 4) is 16.9 Å². The fourth-order valence-corrected chi connectivity index (χ4v) is 1.90. The maximum absolute atomic E-state index is 13.9. The lowest BCUT2D eigenvalue weighted by molar-refractivity contribution is 0.112. The smallest absolute Gasteiger partial charge is 0.150 e. The van der Waals surface area contributed by atoms with E-state index in [-0.39, 0.29) is 0 Å². The number of ether oxygens (including phenoxy) is 1. The summed E-state index contributed by atoms with van der Waals surface area (Å²) in [5.41, 5.74) is 1.20. The van der Waals surface area contributed by atoms with Crippen LogP contribution < -0.4 is 4.74 Å². The lowest BCUT2D eigenvalue weighted by Gasteiger charge is -2.08. The van der Waals surface area contributed by atoms with Gasteiger partial charge in [0.15, 0.2) is 6.29 Å². The highest BCUT2D eigenvalue weighted by molar-refractivity contribution is 6.31. The number of hydrogen-bond donors (Lipinski definition) is 0. The summed E-state index contributed by atoms with van der Waals surface area (Å²) in [7, 11) is 1.47. The first-order valence-electron chi connectivity index (χ1n) is 5.24. The number of methoxy groups -OCH3 is 1. The molecule has 0 aliphatic heterocycles. The van der Waals surface area contributed by atoms with E-state index >= 15 is 0 Å². The summed E-state index contributed by atoms with van der Waals surface area (Å²) >= 11 is 5.80. The third kappa shape index (κ3) is 2.36. The van der Waals surface area contributed by atoms with Gasteiger partial charge in [0, 0.05) is 22.2 Å². The van der Waals surface area contributed by atoms with Crippen LogP contribution in [-0.4, -0.2) is 13.4 Å². The van der Waals surface area contributed by atoms with Crippen molar-refractivity contribution in [2.45, 2.75) is 0 Å². The predicted octanol–water partition coefficient (Wildman–Crippen LogP) is 3.97. The van der Waals surface area contributed by atoms with Crippen LogP contribution in [0.4, 0.5) is 4.39 Å². The molecule has 4 heteroatoms. The van der Waals surface area contributed by atoms with Crippen LogP contribution in [-0.2, 0) is 0 Å². The minimum Gasteiger partial charge on any atom is -0.497 e. The normalized spacial score (nSPS) is 10.2. The maximum atomic E-state index is 13.9. The van der Waals surface area contributed by atoms with Gasteiger partial charge in [-0.3, -0.25) is 4.79 Å². The number of rotatable bonds is 3. The van der Waals surface area contributed by atoms with Gasteiger partial charge in [0.25, 0.3) is 0 Å². The molecule has 2 nitrogen and oxygen atoms in total. The highest BCUT2D eigenvalue weighted by atomic mass is 35.5. The average Bonchev–Trinajstić information content (AvgIpc) is 2.39. The molecule has 0 unspecified atom stereocenters. The van der Waals surface area contributed by atoms with Gasteiger partial charge in [-0.2, -0.15) is 0 Å². The minimum absolute atomic E-state index is 0.342. The van der Waals surface area contributed by atoms with E-state index in [9.17, 15) is 9.18 Å². The zero-order chi connectivity index (χ0) is 13.1. The Hall–Kier alpha value is -1.87. The van der Waals surface area contributed by atoms with E-state index in [1.807, 2.05) is 0 Å². The molecule has 0 amide bonds. The average molecular weight is 265 g/mol. The van der Waals surface area contributed by atoms with Gasteiger partial charge in [-0.15, -0.1) is 0 Å². The van der Waals surface area contributed by atoms with Crippen LogP contribution in [0, 0.1) is 5.82 Å². The summed E-state index contributed by atoms with van der Waals surface area (Å²) in [5, 5.41) is 0.440. The molecule has 18 heavy (non-hydrogen) atoms. The Morgan fingerprint density at radius 3 is 2.50 bits per heavy atom. The van der Waals surface area contributed by atoms with Crippen LogP contribution in [0.5, 0.6) is 5.75 Å². The molecule has 0 N–H and O–H groups in total. The van der Waals surface area contributed by atoms with Crippen molar-refractivity contribution in [3.05, 3.63) is 52.8 Å². The first-order valence-corrected chi connectivity index (χ1v) is 5.62. The molecule has 0 aromatic heterocycles. The summed E-state index contributed by atoms with van der Waals surface area (Å²) in [6, 6.07) is 9.24. The number of carbonyl (C=O) groups is 1. The largest absolute Gasteiger partial charge is 0.497 e. The first kappa shape index (κ1) is 12.6. The molecule has 92 valence electrons. The van der Waals surface area contributed by atoms with Crippen molar-refractivity contribution in [1.82, 2.24) is 0 Å². The standard InChI is InChI=1S/C14H10ClFO2/c1-18-11-3-5-13(14(16)7-11)12-4-2-10(15)6-9(12)8-17/h2-8H,1H3. The topological polar surface area (TPSA) is 26.3 Å². The van der Waals surface area contributed by atoms with E-state index in [1.165, 1.54) is 19.2 Å². The lowest BCUT2D eigenvalue weighted by atomic mass is 10.00. The molecule has 0 bridgehead atoms. The molecule has 0 aliphatic carbocycles. The van der Waals surface area contributed by atoms with E-state index in [0.717, 1.165) is 0 Å². The van der Waals surface area contributed by atoms with Crippen molar-refractivity contribution in [3.63, 3.8) is 0 Å². The second kappa shape index (κ2) is 5.19. The maximum Gasteiger partial charge on any atom is 0.150 e. The van der Waals surface area contributed by atoms with Gasteiger partial charge >= 0.3 is 0 Å². The molecule has 2 aromatic rings. The molecule has 0 fully saturated rings. The second-order valence-electron chi connectivity index (χ2n) is 3.70. The molecule has 0 radical (unpaired) electrons. The summed E-state index contributed by atoms with van der Waals surface area (Å²) in [6.07, 6.45) is 0.658. The third-order valence-corrected chi connectivity index (χ3v) is 2.84. The zero-order valence-electron chi connectivity index (χ0n) is 9.61. The van der Waals surface area contributed by atoms with Crippen molar-refractivity contribution >= 4 is 17.9 Å². The van der Waals surface area contributed by atoms with Gasteiger partial charge in [-0.1, -0.05) is 17.7 Å². The monoisotopic (exact) mass is 264 g/mol. The molecular weight excluding hydrogens is 255 g/mol. The Bertz CT molecular complexity index is 596. The number of carbonyl (C=O) groups excluding carboxylic acids is 1. The molecule has 0 heterocycles. The Morgan fingerprint density at radius 1 is 1.17 bits per heavy atom. The van der Waals surface area contributed by atoms with Crippen molar-refractivity contribution < 1.29 is 13.9 Å². The van der Waals surface area contributed by atoms with Crippen LogP contribution in [0.15, 0.2) is 36.4 Å². The molecule has 0 aliphatic rings. The van der Waals surface area contributed by atoms with Gasteiger partial charge in [-0.05, 0) is 29.8 Å². The minimum atomic E-state index is -0.445. The molecule has 2 rings (SSSR count). The number of benzene rings is 2. The fraction of sp³-hybridized carbons (Fsp3) is 0.0714. The highest BCUT2D eigenvalue weighted by Crippen LogP contribution is 2.29. The van der Waals surface area contributed by atoms with Crippen molar-refractivity contribution in [2.24, 2.45) is 0 Å². The first-order chi connectivity index (χ1) is 8.65. The van der Waals surface area contributed by atoms with Crippen LogP contribution >= 0.6 is 11.6 Å². The molecule has 2 aromatic carbocycles. The molecule has 0 spiro atoms. The summed E-state index contributed by atoms with van der Waals surface area (Å²) in [5.74, 6) is -0.0161. The Labute approximate surface area is 109 Å². The number of halogens is 2. The quantitative estimate of drug-likeness (QED) is 0.784. The van der Waals surface area contributed by atoms with Crippen LogP contribution in [0.25, 0.3) is 11.1 Å². The molecule has 0 saturated heterocycles. The van der Waals surface area contributed by atoms with Crippen LogP contribution in [0.1, 0.15) is 10.4 Å². The highest BCUT2D eigenvalue weighted by Gasteiger charge is 2.11. The Morgan fingerprint density at radius 2 is 1.89 bits per heavy atom. The SMILES string of the molecule is COc1ccc(-c2ccc(Cl)cc2C=O)c(F)c1. The summed E-state index contributed by atoms with van der Waals surface area (Å²) < 4.78 is 18.8. The second-order valence-corrected chi connectivity index (χ2v) is 4.13. The number of hydrogen-bond acceptors (Lipinski definition) is 2. The van der Waals surface area contributed by atoms with Crippen LogP contribution in [0.3, 0.4) is 0 Å². The molecular formula is C14H10ClFO2. The lowest BCUT2D eigenvalue weighted by Crippen LogP contribution is -1.92. The van der Waals surface area contributed by atoms with E-state index in [1.54, 1.807) is 24.3 Å². The zero-order valence-corrected chi connectivity index (χ0v) is 10.4. The van der Waals surface area contributed by atoms with Gasteiger partial charge in [0.2, 0.25) is 0 Å². The van der Waals surface area contributed by atoms with E-state index in [0.29, 0.717) is 33.7 Å². The molecule has 0 saturated carbocycles. The van der Waals surface area contributed by atoms with Gasteiger partial charge in [0.1, 0.15) is 11.6 Å². The van der Waals surface area contributed by atoms with E-state index < -0.39 is 5.82 Å². The van der Waals surface area contributed by atoms with Gasteiger partial charge in [-0.25, -0.2) is 4.39 Å². The van der Waals surface area contributed by atoms with Crippen molar-refractivity contribution in [2.75, 3.05) is 7.11 Å². The number of aldehydes is 1. The van der Waals surface area contributed by atoms with E-state index in [4.69, 9.17) is 16.3 Å². The van der Waals surface area contributed by atoms with Crippen LogP contribution in [0.2, 0.25) is 5.02 Å². The Kier molecular flexibility index (Phi) is 3.63. The van der Waals surface area contributed by atoms with Gasteiger partial charge in [0.05, 0.1) is 7.11 Å². The summed E-state index contributed by atoms with van der Waals surface area (Å²) in [6.45, 7) is 0.